The smallest absolute Gasteiger partial charge is 0.163 e. The molecule has 0 radical (unpaired) electrons. The number of fused-ring (bicyclic) bond motifs is 1. The van der Waals surface area contributed by atoms with Crippen molar-refractivity contribution >= 4 is 5.78 Å². The van der Waals surface area contributed by atoms with Crippen molar-refractivity contribution in [2.45, 2.75) is 26.7 Å². The standard InChI is InChI=1S/C17H16O/c1-11-5-3-6-13(12(11)2)14-7-4-8-16-15(14)9-10-17(16)18/h3-8H,9-10H2,1-2H3. The lowest BCUT2D eigenvalue weighted by molar-refractivity contribution is 0.0994. The van der Waals surface area contributed by atoms with E-state index in [-0.39, 0.29) is 5.78 Å². The van der Waals surface area contributed by atoms with E-state index in [4.69, 9.17) is 0 Å². The van der Waals surface area contributed by atoms with Crippen molar-refractivity contribution in [2.24, 2.45) is 0 Å². The second kappa shape index (κ2) is 4.09. The Morgan fingerprint density at radius 1 is 0.833 bits per heavy atom. The fraction of sp³-hybridized carbons (Fsp3) is 0.235. The van der Waals surface area contributed by atoms with E-state index >= 15 is 0 Å². The summed E-state index contributed by atoms with van der Waals surface area (Å²) >= 11 is 0. The summed E-state index contributed by atoms with van der Waals surface area (Å²) in [5.41, 5.74) is 7.27. The highest BCUT2D eigenvalue weighted by atomic mass is 16.1. The van der Waals surface area contributed by atoms with Gasteiger partial charge in [0.1, 0.15) is 0 Å². The second-order valence-electron chi connectivity index (χ2n) is 5.00. The molecule has 0 N–H and O–H groups in total. The van der Waals surface area contributed by atoms with Gasteiger partial charge in [-0.25, -0.2) is 0 Å². The van der Waals surface area contributed by atoms with Crippen LogP contribution in [0.2, 0.25) is 0 Å². The van der Waals surface area contributed by atoms with Gasteiger partial charge in [-0.3, -0.25) is 4.79 Å². The molecular weight excluding hydrogens is 220 g/mol. The summed E-state index contributed by atoms with van der Waals surface area (Å²) in [4.78, 5) is 11.8. The zero-order chi connectivity index (χ0) is 12.7. The van der Waals surface area contributed by atoms with Gasteiger partial charge in [0.05, 0.1) is 0 Å². The van der Waals surface area contributed by atoms with Crippen molar-refractivity contribution in [3.63, 3.8) is 0 Å². The van der Waals surface area contributed by atoms with E-state index < -0.39 is 0 Å². The third kappa shape index (κ3) is 1.59. The summed E-state index contributed by atoms with van der Waals surface area (Å²) in [6.45, 7) is 4.29. The number of rotatable bonds is 1. The minimum absolute atomic E-state index is 0.289. The minimum Gasteiger partial charge on any atom is -0.294 e. The molecule has 2 aromatic carbocycles. The summed E-state index contributed by atoms with van der Waals surface area (Å²) < 4.78 is 0. The van der Waals surface area contributed by atoms with Crippen LogP contribution in [0.4, 0.5) is 0 Å². The van der Waals surface area contributed by atoms with E-state index in [2.05, 4.69) is 38.1 Å². The first kappa shape index (κ1) is 11.2. The Kier molecular flexibility index (Phi) is 2.55. The Balaban J connectivity index is 2.25. The Bertz CT molecular complexity index is 638. The van der Waals surface area contributed by atoms with Gasteiger partial charge < -0.3 is 0 Å². The number of benzene rings is 2. The number of ketones is 1. The summed E-state index contributed by atoms with van der Waals surface area (Å²) in [5.74, 6) is 0.289. The average molecular weight is 236 g/mol. The molecule has 0 unspecified atom stereocenters. The van der Waals surface area contributed by atoms with Crippen LogP contribution in [0.1, 0.15) is 33.5 Å². The summed E-state index contributed by atoms with van der Waals surface area (Å²) in [5, 5.41) is 0. The summed E-state index contributed by atoms with van der Waals surface area (Å²) in [6, 6.07) is 12.5. The van der Waals surface area contributed by atoms with Crippen LogP contribution in [0.5, 0.6) is 0 Å². The van der Waals surface area contributed by atoms with E-state index in [1.54, 1.807) is 0 Å². The molecule has 1 heteroatoms. The van der Waals surface area contributed by atoms with E-state index in [1.165, 1.54) is 27.8 Å². The largest absolute Gasteiger partial charge is 0.294 e. The van der Waals surface area contributed by atoms with E-state index in [1.807, 2.05) is 12.1 Å². The van der Waals surface area contributed by atoms with E-state index in [9.17, 15) is 4.79 Å². The van der Waals surface area contributed by atoms with Crippen molar-refractivity contribution in [3.8, 4) is 11.1 Å². The molecule has 1 aliphatic rings. The third-order valence-corrected chi connectivity index (χ3v) is 3.97. The number of hydrogen-bond acceptors (Lipinski definition) is 1. The van der Waals surface area contributed by atoms with Crippen LogP contribution in [0.25, 0.3) is 11.1 Å². The molecule has 2 aromatic rings. The highest BCUT2D eigenvalue weighted by Gasteiger charge is 2.22. The van der Waals surface area contributed by atoms with Gasteiger partial charge in [-0.2, -0.15) is 0 Å². The Hall–Kier alpha value is -1.89. The number of hydrogen-bond donors (Lipinski definition) is 0. The van der Waals surface area contributed by atoms with Crippen LogP contribution in [-0.2, 0) is 6.42 Å². The van der Waals surface area contributed by atoms with Crippen molar-refractivity contribution in [2.75, 3.05) is 0 Å². The first-order valence-corrected chi connectivity index (χ1v) is 6.40. The summed E-state index contributed by atoms with van der Waals surface area (Å²) in [7, 11) is 0. The van der Waals surface area contributed by atoms with Crippen molar-refractivity contribution in [3.05, 3.63) is 58.7 Å². The summed E-state index contributed by atoms with van der Waals surface area (Å²) in [6.07, 6.45) is 1.55. The molecule has 1 nitrogen and oxygen atoms in total. The quantitative estimate of drug-likeness (QED) is 0.728. The molecule has 1 aliphatic carbocycles. The van der Waals surface area contributed by atoms with Gasteiger partial charge in [-0.15, -0.1) is 0 Å². The first-order valence-electron chi connectivity index (χ1n) is 6.40. The third-order valence-electron chi connectivity index (χ3n) is 3.97. The molecule has 0 aliphatic heterocycles. The maximum atomic E-state index is 11.8. The average Bonchev–Trinajstić information content (AvgIpc) is 2.75. The maximum absolute atomic E-state index is 11.8. The molecule has 0 amide bonds. The SMILES string of the molecule is Cc1cccc(-c2cccc3c2CCC3=O)c1C. The van der Waals surface area contributed by atoms with Crippen molar-refractivity contribution in [1.82, 2.24) is 0 Å². The number of aryl methyl sites for hydroxylation is 1. The number of Topliss-reactive ketones (excluding diaryl/α,β-unsaturated/α-hetero) is 1. The molecule has 0 aromatic heterocycles. The fourth-order valence-electron chi connectivity index (χ4n) is 2.79. The molecule has 90 valence electrons. The Labute approximate surface area is 107 Å². The molecule has 0 bridgehead atoms. The van der Waals surface area contributed by atoms with Gasteiger partial charge in [0.2, 0.25) is 0 Å². The lowest BCUT2D eigenvalue weighted by atomic mass is 9.92. The van der Waals surface area contributed by atoms with Crippen LogP contribution in [0.3, 0.4) is 0 Å². The molecule has 0 saturated heterocycles. The van der Waals surface area contributed by atoms with Gasteiger partial charge >= 0.3 is 0 Å². The number of carbonyl (C=O) groups is 1. The van der Waals surface area contributed by atoms with Gasteiger partial charge in [-0.05, 0) is 48.1 Å². The molecule has 0 spiro atoms. The molecular formula is C17H16O. The second-order valence-corrected chi connectivity index (χ2v) is 5.00. The van der Waals surface area contributed by atoms with Gasteiger partial charge in [-0.1, -0.05) is 36.4 Å². The Morgan fingerprint density at radius 3 is 2.33 bits per heavy atom. The maximum Gasteiger partial charge on any atom is 0.163 e. The van der Waals surface area contributed by atoms with Gasteiger partial charge in [0.15, 0.2) is 5.78 Å². The van der Waals surface area contributed by atoms with Gasteiger partial charge in [0.25, 0.3) is 0 Å². The molecule has 0 saturated carbocycles. The fourth-order valence-corrected chi connectivity index (χ4v) is 2.79. The van der Waals surface area contributed by atoms with Crippen molar-refractivity contribution < 1.29 is 4.79 Å². The van der Waals surface area contributed by atoms with Crippen LogP contribution < -0.4 is 0 Å². The van der Waals surface area contributed by atoms with Crippen molar-refractivity contribution in [1.29, 1.82) is 0 Å². The van der Waals surface area contributed by atoms with Crippen LogP contribution >= 0.6 is 0 Å². The topological polar surface area (TPSA) is 17.1 Å². The highest BCUT2D eigenvalue weighted by Crippen LogP contribution is 2.34. The Morgan fingerprint density at radius 2 is 1.50 bits per heavy atom. The molecule has 0 fully saturated rings. The first-order chi connectivity index (χ1) is 8.68. The van der Waals surface area contributed by atoms with E-state index in [0.29, 0.717) is 6.42 Å². The van der Waals surface area contributed by atoms with E-state index in [0.717, 1.165) is 12.0 Å². The predicted molar refractivity (Wildman–Crippen MR) is 74.0 cm³/mol. The zero-order valence-electron chi connectivity index (χ0n) is 10.8. The highest BCUT2D eigenvalue weighted by molar-refractivity contribution is 6.02. The van der Waals surface area contributed by atoms with Crippen LogP contribution in [-0.4, -0.2) is 5.78 Å². The molecule has 0 heterocycles. The number of carbonyl (C=O) groups excluding carboxylic acids is 1. The van der Waals surface area contributed by atoms with Crippen LogP contribution in [0, 0.1) is 13.8 Å². The lowest BCUT2D eigenvalue weighted by Gasteiger charge is -2.12. The minimum atomic E-state index is 0.289. The zero-order valence-corrected chi connectivity index (χ0v) is 10.8. The normalized spacial score (nSPS) is 13.8. The molecule has 3 rings (SSSR count). The van der Waals surface area contributed by atoms with Gasteiger partial charge in [0, 0.05) is 12.0 Å². The molecule has 18 heavy (non-hydrogen) atoms. The van der Waals surface area contributed by atoms with Crippen LogP contribution in [0.15, 0.2) is 36.4 Å². The monoisotopic (exact) mass is 236 g/mol. The molecule has 0 atom stereocenters. The predicted octanol–water partition coefficient (Wildman–Crippen LogP) is 4.10. The lowest BCUT2D eigenvalue weighted by Crippen LogP contribution is -1.94.